The minimum Gasteiger partial charge on any atom is -0.494 e. The van der Waals surface area contributed by atoms with Crippen LogP contribution in [0.3, 0.4) is 0 Å². The average molecular weight is 465 g/mol. The van der Waals surface area contributed by atoms with Gasteiger partial charge in [0.15, 0.2) is 0 Å². The molecule has 9 heteroatoms. The van der Waals surface area contributed by atoms with Crippen LogP contribution in [0.15, 0.2) is 64.9 Å². The van der Waals surface area contributed by atoms with Crippen molar-refractivity contribution >= 4 is 44.6 Å². The zero-order valence-corrected chi connectivity index (χ0v) is 18.9. The highest BCUT2D eigenvalue weighted by Crippen LogP contribution is 2.29. The number of hydrogen-bond donors (Lipinski definition) is 1. The average Bonchev–Trinajstić information content (AvgIpc) is 3.24. The number of anilines is 1. The Kier molecular flexibility index (Phi) is 7.02. The van der Waals surface area contributed by atoms with Crippen molar-refractivity contribution in [3.63, 3.8) is 0 Å². The summed E-state index contributed by atoms with van der Waals surface area (Å²) < 4.78 is 32.8. The molecule has 0 saturated heterocycles. The Labute approximate surface area is 185 Å². The highest BCUT2D eigenvalue weighted by Gasteiger charge is 2.28. The Bertz CT molecular complexity index is 1110. The van der Waals surface area contributed by atoms with E-state index in [-0.39, 0.29) is 16.3 Å². The Morgan fingerprint density at radius 2 is 1.77 bits per heavy atom. The van der Waals surface area contributed by atoms with Crippen LogP contribution in [0.2, 0.25) is 5.02 Å². The van der Waals surface area contributed by atoms with Gasteiger partial charge in [0, 0.05) is 18.6 Å². The fourth-order valence-corrected chi connectivity index (χ4v) is 5.37. The Morgan fingerprint density at radius 3 is 2.40 bits per heavy atom. The summed E-state index contributed by atoms with van der Waals surface area (Å²) in [6, 6.07) is 15.2. The van der Waals surface area contributed by atoms with Crippen LogP contribution in [0.1, 0.15) is 22.2 Å². The molecule has 0 atom stereocenters. The van der Waals surface area contributed by atoms with Gasteiger partial charge in [0.2, 0.25) is 0 Å². The fourth-order valence-electron chi connectivity index (χ4n) is 2.74. The molecule has 1 N–H and O–H groups in total. The van der Waals surface area contributed by atoms with E-state index in [0.29, 0.717) is 23.1 Å². The SMILES string of the molecule is CCOc1ccc(N(C)S(=O)(=O)c2ccsc2C(=O)NCc2ccc(Cl)cc2)cc1. The first-order chi connectivity index (χ1) is 14.3. The quantitative estimate of drug-likeness (QED) is 0.530. The molecular formula is C21H21ClN2O4S2. The minimum absolute atomic E-state index is 0.0301. The van der Waals surface area contributed by atoms with E-state index in [2.05, 4.69) is 5.32 Å². The molecule has 0 fully saturated rings. The van der Waals surface area contributed by atoms with Gasteiger partial charge in [-0.15, -0.1) is 11.3 Å². The zero-order valence-electron chi connectivity index (χ0n) is 16.5. The first-order valence-corrected chi connectivity index (χ1v) is 11.8. The molecular weight excluding hydrogens is 444 g/mol. The molecule has 3 aromatic rings. The van der Waals surface area contributed by atoms with Gasteiger partial charge in [-0.05, 0) is 60.3 Å². The van der Waals surface area contributed by atoms with Crippen molar-refractivity contribution in [1.29, 1.82) is 0 Å². The van der Waals surface area contributed by atoms with E-state index in [1.807, 2.05) is 6.92 Å². The number of halogens is 1. The fraction of sp³-hybridized carbons (Fsp3) is 0.190. The third-order valence-corrected chi connectivity index (χ3v) is 7.47. The molecule has 2 aromatic carbocycles. The maximum atomic E-state index is 13.1. The maximum absolute atomic E-state index is 13.1. The number of carbonyl (C=O) groups excluding carboxylic acids is 1. The zero-order chi connectivity index (χ0) is 21.7. The summed E-state index contributed by atoms with van der Waals surface area (Å²) in [6.45, 7) is 2.67. The second kappa shape index (κ2) is 9.51. The molecule has 1 amide bonds. The lowest BCUT2D eigenvalue weighted by atomic mass is 10.2. The monoisotopic (exact) mass is 464 g/mol. The number of carbonyl (C=O) groups is 1. The molecule has 0 bridgehead atoms. The number of benzene rings is 2. The molecule has 0 aliphatic carbocycles. The molecule has 3 rings (SSSR count). The summed E-state index contributed by atoms with van der Waals surface area (Å²) in [4.78, 5) is 12.8. The Hall–Kier alpha value is -2.55. The lowest BCUT2D eigenvalue weighted by molar-refractivity contribution is 0.0952. The van der Waals surface area contributed by atoms with Gasteiger partial charge in [0.05, 0.1) is 12.3 Å². The topological polar surface area (TPSA) is 75.7 Å². The molecule has 1 heterocycles. The van der Waals surface area contributed by atoms with Crippen molar-refractivity contribution in [2.75, 3.05) is 18.0 Å². The van der Waals surface area contributed by atoms with Crippen molar-refractivity contribution in [1.82, 2.24) is 5.32 Å². The van der Waals surface area contributed by atoms with Gasteiger partial charge in [-0.25, -0.2) is 8.42 Å². The van der Waals surface area contributed by atoms with Gasteiger partial charge in [0.1, 0.15) is 15.5 Å². The van der Waals surface area contributed by atoms with Crippen LogP contribution < -0.4 is 14.4 Å². The maximum Gasteiger partial charge on any atom is 0.265 e. The molecule has 158 valence electrons. The van der Waals surface area contributed by atoms with E-state index in [1.54, 1.807) is 53.9 Å². The molecule has 0 aliphatic rings. The summed E-state index contributed by atoms with van der Waals surface area (Å²) in [5.41, 5.74) is 1.33. The van der Waals surface area contributed by atoms with E-state index in [9.17, 15) is 13.2 Å². The van der Waals surface area contributed by atoms with Gasteiger partial charge in [0.25, 0.3) is 15.9 Å². The summed E-state index contributed by atoms with van der Waals surface area (Å²) in [6.07, 6.45) is 0. The van der Waals surface area contributed by atoms with Crippen LogP contribution in [0.4, 0.5) is 5.69 Å². The Morgan fingerprint density at radius 1 is 1.10 bits per heavy atom. The second-order valence-electron chi connectivity index (χ2n) is 6.32. The molecule has 0 spiro atoms. The molecule has 6 nitrogen and oxygen atoms in total. The highest BCUT2D eigenvalue weighted by atomic mass is 35.5. The number of nitrogens with one attached hydrogen (secondary N) is 1. The summed E-state index contributed by atoms with van der Waals surface area (Å²) in [7, 11) is -2.46. The van der Waals surface area contributed by atoms with Crippen LogP contribution in [-0.2, 0) is 16.6 Å². The van der Waals surface area contributed by atoms with E-state index < -0.39 is 15.9 Å². The highest BCUT2D eigenvalue weighted by molar-refractivity contribution is 7.93. The molecule has 0 unspecified atom stereocenters. The number of amides is 1. The predicted molar refractivity (Wildman–Crippen MR) is 120 cm³/mol. The smallest absolute Gasteiger partial charge is 0.265 e. The minimum atomic E-state index is -3.91. The van der Waals surface area contributed by atoms with Gasteiger partial charge < -0.3 is 10.1 Å². The van der Waals surface area contributed by atoms with E-state index in [1.165, 1.54) is 13.1 Å². The number of sulfonamides is 1. The van der Waals surface area contributed by atoms with Gasteiger partial charge in [-0.1, -0.05) is 23.7 Å². The van der Waals surface area contributed by atoms with Crippen LogP contribution in [0.5, 0.6) is 5.75 Å². The number of thiophene rings is 1. The molecule has 0 aliphatic heterocycles. The molecule has 1 aromatic heterocycles. The van der Waals surface area contributed by atoms with Gasteiger partial charge >= 0.3 is 0 Å². The molecule has 0 saturated carbocycles. The number of nitrogens with zero attached hydrogens (tertiary/aromatic N) is 1. The van der Waals surface area contributed by atoms with Crippen LogP contribution >= 0.6 is 22.9 Å². The number of ether oxygens (including phenoxy) is 1. The van der Waals surface area contributed by atoms with Gasteiger partial charge in [-0.3, -0.25) is 9.10 Å². The van der Waals surface area contributed by atoms with Crippen molar-refractivity contribution < 1.29 is 17.9 Å². The molecule has 30 heavy (non-hydrogen) atoms. The second-order valence-corrected chi connectivity index (χ2v) is 9.61. The largest absolute Gasteiger partial charge is 0.494 e. The lowest BCUT2D eigenvalue weighted by Crippen LogP contribution is -2.29. The normalized spacial score (nSPS) is 11.2. The van der Waals surface area contributed by atoms with E-state index in [0.717, 1.165) is 21.2 Å². The van der Waals surface area contributed by atoms with Crippen LogP contribution in [0, 0.1) is 0 Å². The third kappa shape index (κ3) is 4.95. The first-order valence-electron chi connectivity index (χ1n) is 9.15. The molecule has 0 radical (unpaired) electrons. The predicted octanol–water partition coefficient (Wildman–Crippen LogP) is 4.56. The van der Waals surface area contributed by atoms with Crippen LogP contribution in [-0.4, -0.2) is 28.0 Å². The van der Waals surface area contributed by atoms with Crippen molar-refractivity contribution in [2.45, 2.75) is 18.4 Å². The third-order valence-electron chi connectivity index (χ3n) is 4.35. The van der Waals surface area contributed by atoms with Crippen molar-refractivity contribution in [3.8, 4) is 5.75 Å². The van der Waals surface area contributed by atoms with E-state index >= 15 is 0 Å². The Balaban J connectivity index is 1.77. The van der Waals surface area contributed by atoms with Crippen molar-refractivity contribution in [2.24, 2.45) is 0 Å². The summed E-state index contributed by atoms with van der Waals surface area (Å²) in [5, 5.41) is 4.96. The van der Waals surface area contributed by atoms with Gasteiger partial charge in [-0.2, -0.15) is 0 Å². The standard InChI is InChI=1S/C21H21ClN2O4S2/c1-3-28-18-10-8-17(9-11-18)24(2)30(26,27)19-12-13-29-20(19)21(25)23-14-15-4-6-16(22)7-5-15/h4-13H,3,14H2,1-2H3,(H,23,25). The number of rotatable bonds is 8. The summed E-state index contributed by atoms with van der Waals surface area (Å²) >= 11 is 6.95. The number of hydrogen-bond acceptors (Lipinski definition) is 5. The van der Waals surface area contributed by atoms with Crippen LogP contribution in [0.25, 0.3) is 0 Å². The summed E-state index contributed by atoms with van der Waals surface area (Å²) in [5.74, 6) is 0.212. The lowest BCUT2D eigenvalue weighted by Gasteiger charge is -2.20. The van der Waals surface area contributed by atoms with Crippen molar-refractivity contribution in [3.05, 3.63) is 75.4 Å². The first kappa shape index (κ1) is 22.1. The van der Waals surface area contributed by atoms with E-state index in [4.69, 9.17) is 16.3 Å².